The zero-order chi connectivity index (χ0) is 30.7. The van der Waals surface area contributed by atoms with Gasteiger partial charge in [-0.05, 0) is 96.9 Å². The Kier molecular flexibility index (Phi) is 9.04. The van der Waals surface area contributed by atoms with E-state index in [-0.39, 0.29) is 28.4 Å². The van der Waals surface area contributed by atoms with Gasteiger partial charge in [0.25, 0.3) is 0 Å². The van der Waals surface area contributed by atoms with Gasteiger partial charge in [-0.25, -0.2) is 9.59 Å². The third-order valence-corrected chi connectivity index (χ3v) is 9.02. The molecule has 0 saturated carbocycles. The maximum Gasteiger partial charge on any atom is 0.331 e. The number of hydrogen-bond acceptors (Lipinski definition) is 8. The Bertz CT molecular complexity index is 1430. The molecule has 0 saturated heterocycles. The maximum atomic E-state index is 13.7. The number of unbranched alkanes of at least 4 members (excludes halogenated alkanes) is 2. The van der Waals surface area contributed by atoms with Crippen molar-refractivity contribution in [3.8, 4) is 11.1 Å². The van der Waals surface area contributed by atoms with Gasteiger partial charge in [-0.2, -0.15) is 0 Å². The van der Waals surface area contributed by atoms with Crippen LogP contribution in [0.4, 0.5) is 0 Å². The van der Waals surface area contributed by atoms with Crippen LogP contribution in [0.2, 0.25) is 0 Å². The molecular weight excluding hydrogens is 544 g/mol. The molecule has 0 N–H and O–H groups in total. The van der Waals surface area contributed by atoms with Crippen molar-refractivity contribution in [1.82, 2.24) is 0 Å². The fourth-order valence-electron chi connectivity index (χ4n) is 6.97. The van der Waals surface area contributed by atoms with Crippen LogP contribution in [0.25, 0.3) is 11.1 Å². The molecule has 8 nitrogen and oxygen atoms in total. The van der Waals surface area contributed by atoms with E-state index in [9.17, 15) is 19.2 Å². The highest BCUT2D eigenvalue weighted by molar-refractivity contribution is 6.47. The van der Waals surface area contributed by atoms with Crippen LogP contribution >= 0.6 is 0 Å². The Morgan fingerprint density at radius 1 is 0.674 bits per heavy atom. The molecule has 0 spiro atoms. The molecule has 0 atom stereocenters. The van der Waals surface area contributed by atoms with Crippen LogP contribution in [0.1, 0.15) is 135 Å². The number of benzene rings is 2. The third kappa shape index (κ3) is 5.84. The average molecular weight is 585 g/mol. The van der Waals surface area contributed by atoms with Crippen molar-refractivity contribution in [2.24, 2.45) is 10.3 Å². The second kappa shape index (κ2) is 12.7. The summed E-state index contributed by atoms with van der Waals surface area (Å²) in [5.74, 6) is -1.57. The van der Waals surface area contributed by atoms with E-state index in [1.54, 1.807) is 0 Å². The van der Waals surface area contributed by atoms with Crippen molar-refractivity contribution in [3.63, 3.8) is 0 Å². The van der Waals surface area contributed by atoms with Gasteiger partial charge in [0, 0.05) is 30.4 Å². The standard InChI is InChI=1S/C35H40N2O6/c1-5-7-15-35(16-8-6-2)29-17-23-11-9-13-31(36-42-21(3)38)33(40)25(23)19-27(29)28-20-26-24(18-30(28)35)12-10-14-32(34(26)41)37-43-22(4)39/h17-20H,5-16H2,1-4H3/b36-31+,37-32+. The summed E-state index contributed by atoms with van der Waals surface area (Å²) in [5, 5.41) is 7.82. The minimum absolute atomic E-state index is 0.214. The molecule has 2 aromatic rings. The number of rotatable bonds is 8. The molecule has 0 unspecified atom stereocenters. The van der Waals surface area contributed by atoms with Crippen molar-refractivity contribution in [2.45, 2.75) is 110 Å². The normalized spacial score (nSPS) is 18.8. The lowest BCUT2D eigenvalue weighted by Gasteiger charge is -2.33. The molecule has 43 heavy (non-hydrogen) atoms. The highest BCUT2D eigenvalue weighted by Gasteiger charge is 2.44. The molecule has 0 fully saturated rings. The predicted octanol–water partition coefficient (Wildman–Crippen LogP) is 7.21. The van der Waals surface area contributed by atoms with Gasteiger partial charge in [-0.1, -0.05) is 62.0 Å². The summed E-state index contributed by atoms with van der Waals surface area (Å²) in [6.07, 6.45) is 10.0. The molecule has 0 radical (unpaired) electrons. The molecule has 0 aromatic heterocycles. The van der Waals surface area contributed by atoms with Crippen LogP contribution < -0.4 is 0 Å². The summed E-state index contributed by atoms with van der Waals surface area (Å²) in [6.45, 7) is 6.96. The van der Waals surface area contributed by atoms with E-state index in [0.717, 1.165) is 86.5 Å². The molecular formula is C35H40N2O6. The van der Waals surface area contributed by atoms with E-state index in [1.165, 1.54) is 25.0 Å². The first kappa shape index (κ1) is 30.5. The van der Waals surface area contributed by atoms with E-state index in [2.05, 4.69) is 36.3 Å². The molecule has 0 aliphatic heterocycles. The Morgan fingerprint density at radius 2 is 1.09 bits per heavy atom. The lowest BCUT2D eigenvalue weighted by atomic mass is 9.70. The largest absolute Gasteiger partial charge is 0.331 e. The average Bonchev–Trinajstić information content (AvgIpc) is 3.06. The fraction of sp³-hybridized carbons (Fsp3) is 0.486. The summed E-state index contributed by atoms with van der Waals surface area (Å²) in [4.78, 5) is 60.1. The zero-order valence-electron chi connectivity index (χ0n) is 25.6. The molecule has 5 rings (SSSR count). The van der Waals surface area contributed by atoms with E-state index < -0.39 is 11.9 Å². The number of hydrogen-bond donors (Lipinski definition) is 0. The first-order valence-electron chi connectivity index (χ1n) is 15.6. The first-order chi connectivity index (χ1) is 20.7. The van der Waals surface area contributed by atoms with Gasteiger partial charge in [0.1, 0.15) is 11.4 Å². The van der Waals surface area contributed by atoms with Gasteiger partial charge in [-0.3, -0.25) is 9.59 Å². The SMILES string of the molecule is CCCCC1(CCCC)c2cc3c(cc2-c2cc4c(cc21)CCC/C(=N\OC(C)=O)C4=O)C(=O)/C(=N/OC(C)=O)CCC3. The monoisotopic (exact) mass is 584 g/mol. The minimum atomic E-state index is -0.564. The highest BCUT2D eigenvalue weighted by Crippen LogP contribution is 2.56. The van der Waals surface area contributed by atoms with Crippen LogP contribution in [0, 0.1) is 0 Å². The Labute approximate surface area is 252 Å². The van der Waals surface area contributed by atoms with Crippen LogP contribution in [-0.2, 0) is 37.5 Å². The third-order valence-electron chi connectivity index (χ3n) is 9.02. The molecule has 0 heterocycles. The summed E-state index contributed by atoms with van der Waals surface area (Å²) in [6, 6.07) is 8.45. The minimum Gasteiger partial charge on any atom is -0.318 e. The topological polar surface area (TPSA) is 111 Å². The molecule has 3 aliphatic carbocycles. The van der Waals surface area contributed by atoms with Crippen molar-refractivity contribution in [2.75, 3.05) is 0 Å². The zero-order valence-corrected chi connectivity index (χ0v) is 25.6. The Morgan fingerprint density at radius 3 is 1.47 bits per heavy atom. The van der Waals surface area contributed by atoms with E-state index in [4.69, 9.17) is 9.68 Å². The number of ketones is 2. The van der Waals surface area contributed by atoms with Crippen LogP contribution in [0.5, 0.6) is 0 Å². The van der Waals surface area contributed by atoms with E-state index in [0.29, 0.717) is 24.0 Å². The van der Waals surface area contributed by atoms with E-state index >= 15 is 0 Å². The molecule has 0 amide bonds. The van der Waals surface area contributed by atoms with Gasteiger partial charge in [0.05, 0.1) is 0 Å². The van der Waals surface area contributed by atoms with Gasteiger partial charge in [0.15, 0.2) is 0 Å². The fourth-order valence-corrected chi connectivity index (χ4v) is 6.97. The smallest absolute Gasteiger partial charge is 0.318 e. The lowest BCUT2D eigenvalue weighted by molar-refractivity contribution is -0.141. The second-order valence-electron chi connectivity index (χ2n) is 12.0. The first-order valence-corrected chi connectivity index (χ1v) is 15.6. The Balaban J connectivity index is 1.73. The van der Waals surface area contributed by atoms with Gasteiger partial charge in [-0.15, -0.1) is 0 Å². The van der Waals surface area contributed by atoms with Crippen LogP contribution in [0.3, 0.4) is 0 Å². The number of oxime groups is 2. The number of carbonyl (C=O) groups is 4. The lowest BCUT2D eigenvalue weighted by Crippen LogP contribution is -2.26. The summed E-state index contributed by atoms with van der Waals surface area (Å²) < 4.78 is 0. The van der Waals surface area contributed by atoms with Gasteiger partial charge >= 0.3 is 11.9 Å². The molecule has 8 heteroatoms. The summed E-state index contributed by atoms with van der Waals surface area (Å²) >= 11 is 0. The summed E-state index contributed by atoms with van der Waals surface area (Å²) in [5.41, 5.74) is 7.84. The molecule has 0 bridgehead atoms. The van der Waals surface area contributed by atoms with E-state index in [1.807, 2.05) is 12.1 Å². The van der Waals surface area contributed by atoms with Crippen molar-refractivity contribution in [3.05, 3.63) is 57.6 Å². The Hall–Kier alpha value is -3.94. The molecule has 3 aliphatic rings. The molecule has 2 aromatic carbocycles. The number of nitrogens with zero attached hydrogens (tertiary/aromatic N) is 2. The predicted molar refractivity (Wildman–Crippen MR) is 165 cm³/mol. The highest BCUT2D eigenvalue weighted by atomic mass is 16.7. The number of carbonyl (C=O) groups excluding carboxylic acids is 4. The molecule has 226 valence electrons. The number of aryl methyl sites for hydroxylation is 2. The maximum absolute atomic E-state index is 13.7. The van der Waals surface area contributed by atoms with Crippen molar-refractivity contribution < 1.29 is 28.9 Å². The van der Waals surface area contributed by atoms with Gasteiger partial charge in [0.2, 0.25) is 11.6 Å². The van der Waals surface area contributed by atoms with Crippen molar-refractivity contribution >= 4 is 34.9 Å². The van der Waals surface area contributed by atoms with Crippen LogP contribution in [-0.4, -0.2) is 34.9 Å². The van der Waals surface area contributed by atoms with Crippen LogP contribution in [0.15, 0.2) is 34.6 Å². The number of fused-ring (bicyclic) bond motifs is 5. The van der Waals surface area contributed by atoms with Crippen molar-refractivity contribution in [1.29, 1.82) is 0 Å². The second-order valence-corrected chi connectivity index (χ2v) is 12.0. The number of Topliss-reactive ketones (excluding diaryl/α,β-unsaturated/α-hetero) is 2. The quantitative estimate of drug-likeness (QED) is 0.184. The summed E-state index contributed by atoms with van der Waals surface area (Å²) in [7, 11) is 0. The van der Waals surface area contributed by atoms with Gasteiger partial charge < -0.3 is 9.68 Å².